The van der Waals surface area contributed by atoms with Crippen molar-refractivity contribution in [1.82, 2.24) is 4.90 Å². The third-order valence-electron chi connectivity index (χ3n) is 4.07. The van der Waals surface area contributed by atoms with Crippen LogP contribution in [0.4, 0.5) is 0 Å². The van der Waals surface area contributed by atoms with Gasteiger partial charge >= 0.3 is 5.97 Å². The van der Waals surface area contributed by atoms with Crippen molar-refractivity contribution in [3.8, 4) is 0 Å². The first-order valence-electron chi connectivity index (χ1n) is 7.32. The van der Waals surface area contributed by atoms with Crippen LogP contribution < -0.4 is 0 Å². The SMILES string of the molecule is CCC1CCN(C(=O)c2ccc(/C=C/C(=O)O)c(C)c2)C1. The monoisotopic (exact) mass is 287 g/mol. The maximum absolute atomic E-state index is 12.5. The smallest absolute Gasteiger partial charge is 0.328 e. The highest BCUT2D eigenvalue weighted by molar-refractivity contribution is 5.95. The number of carboxylic acids is 1. The van der Waals surface area contributed by atoms with Crippen LogP contribution >= 0.6 is 0 Å². The van der Waals surface area contributed by atoms with Gasteiger partial charge < -0.3 is 10.0 Å². The zero-order valence-corrected chi connectivity index (χ0v) is 12.5. The number of carboxylic acid groups (broad SMARTS) is 1. The van der Waals surface area contributed by atoms with Gasteiger partial charge in [0.2, 0.25) is 0 Å². The van der Waals surface area contributed by atoms with Gasteiger partial charge in [-0.25, -0.2) is 4.79 Å². The molecule has 1 aromatic carbocycles. The largest absolute Gasteiger partial charge is 0.478 e. The molecule has 2 rings (SSSR count). The predicted molar refractivity (Wildman–Crippen MR) is 82.2 cm³/mol. The molecule has 4 nitrogen and oxygen atoms in total. The normalized spacial score (nSPS) is 18.4. The van der Waals surface area contributed by atoms with Gasteiger partial charge in [-0.1, -0.05) is 19.4 Å². The molecule has 0 spiro atoms. The van der Waals surface area contributed by atoms with Gasteiger partial charge in [0.1, 0.15) is 0 Å². The Morgan fingerprint density at radius 2 is 2.19 bits per heavy atom. The zero-order valence-electron chi connectivity index (χ0n) is 12.5. The number of aryl methyl sites for hydroxylation is 1. The first-order chi connectivity index (χ1) is 10.0. The fraction of sp³-hybridized carbons (Fsp3) is 0.412. The van der Waals surface area contributed by atoms with E-state index in [4.69, 9.17) is 5.11 Å². The predicted octanol–water partition coefficient (Wildman–Crippen LogP) is 2.96. The number of benzene rings is 1. The van der Waals surface area contributed by atoms with Crippen LogP contribution in [-0.4, -0.2) is 35.0 Å². The molecule has 0 radical (unpaired) electrons. The van der Waals surface area contributed by atoms with Crippen molar-refractivity contribution in [3.63, 3.8) is 0 Å². The summed E-state index contributed by atoms with van der Waals surface area (Å²) in [5.74, 6) is -0.284. The fourth-order valence-corrected chi connectivity index (χ4v) is 2.69. The van der Waals surface area contributed by atoms with Gasteiger partial charge in [-0.15, -0.1) is 0 Å². The highest BCUT2D eigenvalue weighted by Gasteiger charge is 2.25. The summed E-state index contributed by atoms with van der Waals surface area (Å²) in [5.41, 5.74) is 2.41. The molecular weight excluding hydrogens is 266 g/mol. The van der Waals surface area contributed by atoms with Crippen molar-refractivity contribution < 1.29 is 14.7 Å². The fourth-order valence-electron chi connectivity index (χ4n) is 2.69. The quantitative estimate of drug-likeness (QED) is 0.866. The van der Waals surface area contributed by atoms with Crippen molar-refractivity contribution in [2.24, 2.45) is 5.92 Å². The molecule has 1 aliphatic rings. The lowest BCUT2D eigenvalue weighted by molar-refractivity contribution is -0.131. The average Bonchev–Trinajstić information content (AvgIpc) is 2.93. The van der Waals surface area contributed by atoms with E-state index in [1.807, 2.05) is 17.9 Å². The van der Waals surface area contributed by atoms with E-state index >= 15 is 0 Å². The van der Waals surface area contributed by atoms with Crippen LogP contribution in [0.1, 0.15) is 41.3 Å². The van der Waals surface area contributed by atoms with Gasteiger partial charge in [0.05, 0.1) is 0 Å². The van der Waals surface area contributed by atoms with Crippen molar-refractivity contribution in [2.75, 3.05) is 13.1 Å². The Bertz CT molecular complexity index is 577. The van der Waals surface area contributed by atoms with Crippen LogP contribution in [0.2, 0.25) is 0 Å². The Morgan fingerprint density at radius 3 is 2.76 bits per heavy atom. The Hall–Kier alpha value is -2.10. The summed E-state index contributed by atoms with van der Waals surface area (Å²) in [5, 5.41) is 8.65. The van der Waals surface area contributed by atoms with Gasteiger partial charge in [-0.2, -0.15) is 0 Å². The number of carbonyl (C=O) groups is 2. The lowest BCUT2D eigenvalue weighted by Crippen LogP contribution is -2.28. The van der Waals surface area contributed by atoms with E-state index in [2.05, 4.69) is 6.92 Å². The van der Waals surface area contributed by atoms with Crippen LogP contribution in [0.5, 0.6) is 0 Å². The summed E-state index contributed by atoms with van der Waals surface area (Å²) < 4.78 is 0. The average molecular weight is 287 g/mol. The summed E-state index contributed by atoms with van der Waals surface area (Å²) in [6, 6.07) is 5.41. The van der Waals surface area contributed by atoms with Crippen molar-refractivity contribution >= 4 is 18.0 Å². The molecule has 1 heterocycles. The lowest BCUT2D eigenvalue weighted by Gasteiger charge is -2.17. The van der Waals surface area contributed by atoms with E-state index < -0.39 is 5.97 Å². The molecular formula is C17H21NO3. The Balaban J connectivity index is 2.13. The number of carbonyl (C=O) groups excluding carboxylic acids is 1. The first kappa shape index (κ1) is 15.3. The lowest BCUT2D eigenvalue weighted by atomic mass is 10.0. The summed E-state index contributed by atoms with van der Waals surface area (Å²) in [4.78, 5) is 24.9. The number of hydrogen-bond acceptors (Lipinski definition) is 2. The van der Waals surface area contributed by atoms with E-state index in [1.54, 1.807) is 18.2 Å². The van der Waals surface area contributed by atoms with Crippen LogP contribution in [-0.2, 0) is 4.79 Å². The van der Waals surface area contributed by atoms with Crippen molar-refractivity contribution in [1.29, 1.82) is 0 Å². The molecule has 0 aliphatic carbocycles. The maximum Gasteiger partial charge on any atom is 0.328 e. The Morgan fingerprint density at radius 1 is 1.43 bits per heavy atom. The molecule has 0 aromatic heterocycles. The second-order valence-corrected chi connectivity index (χ2v) is 5.56. The molecule has 1 atom stereocenters. The molecule has 0 saturated carbocycles. The summed E-state index contributed by atoms with van der Waals surface area (Å²) >= 11 is 0. The van der Waals surface area contributed by atoms with Crippen molar-refractivity contribution in [2.45, 2.75) is 26.7 Å². The Kier molecular flexibility index (Phi) is 4.78. The van der Waals surface area contributed by atoms with Gasteiger partial charge in [0.25, 0.3) is 5.91 Å². The van der Waals surface area contributed by atoms with Crippen LogP contribution in [0.3, 0.4) is 0 Å². The highest BCUT2D eigenvalue weighted by Crippen LogP contribution is 2.22. The number of aliphatic carboxylic acids is 1. The second-order valence-electron chi connectivity index (χ2n) is 5.56. The van der Waals surface area contributed by atoms with Gasteiger partial charge in [0.15, 0.2) is 0 Å². The topological polar surface area (TPSA) is 57.6 Å². The number of likely N-dealkylation sites (tertiary alicyclic amines) is 1. The van der Waals surface area contributed by atoms with Gasteiger partial charge in [0, 0.05) is 24.7 Å². The summed E-state index contributed by atoms with van der Waals surface area (Å²) in [6.45, 7) is 5.72. The molecule has 1 fully saturated rings. The third kappa shape index (κ3) is 3.72. The van der Waals surface area contributed by atoms with E-state index in [0.29, 0.717) is 11.5 Å². The molecule has 1 unspecified atom stereocenters. The minimum atomic E-state index is -0.975. The third-order valence-corrected chi connectivity index (χ3v) is 4.07. The minimum Gasteiger partial charge on any atom is -0.478 e. The molecule has 1 aromatic rings. The van der Waals surface area contributed by atoms with Crippen LogP contribution in [0.15, 0.2) is 24.3 Å². The Labute approximate surface area is 125 Å². The molecule has 21 heavy (non-hydrogen) atoms. The molecule has 1 amide bonds. The molecule has 4 heteroatoms. The zero-order chi connectivity index (χ0) is 15.4. The number of nitrogens with zero attached hydrogens (tertiary/aromatic N) is 1. The molecule has 1 saturated heterocycles. The first-order valence-corrected chi connectivity index (χ1v) is 7.32. The molecule has 1 aliphatic heterocycles. The molecule has 0 bridgehead atoms. The van der Waals surface area contributed by atoms with E-state index in [0.717, 1.165) is 43.1 Å². The van der Waals surface area contributed by atoms with Crippen LogP contribution in [0, 0.1) is 12.8 Å². The van der Waals surface area contributed by atoms with E-state index in [1.165, 1.54) is 0 Å². The van der Waals surface area contributed by atoms with E-state index in [-0.39, 0.29) is 5.91 Å². The summed E-state index contributed by atoms with van der Waals surface area (Å²) in [7, 11) is 0. The number of hydrogen-bond donors (Lipinski definition) is 1. The number of amides is 1. The standard InChI is InChI=1S/C17H21NO3/c1-3-13-8-9-18(11-13)17(21)15-5-4-14(12(2)10-15)6-7-16(19)20/h4-7,10,13H,3,8-9,11H2,1-2H3,(H,19,20)/b7-6+. The number of rotatable bonds is 4. The van der Waals surface area contributed by atoms with Crippen LogP contribution in [0.25, 0.3) is 6.08 Å². The maximum atomic E-state index is 12.5. The van der Waals surface area contributed by atoms with Crippen molar-refractivity contribution in [3.05, 3.63) is 41.0 Å². The van der Waals surface area contributed by atoms with E-state index in [9.17, 15) is 9.59 Å². The minimum absolute atomic E-state index is 0.0721. The van der Waals surface area contributed by atoms with Gasteiger partial charge in [-0.3, -0.25) is 4.79 Å². The molecule has 112 valence electrons. The molecule has 1 N–H and O–H groups in total. The summed E-state index contributed by atoms with van der Waals surface area (Å²) in [6.07, 6.45) is 4.85. The van der Waals surface area contributed by atoms with Gasteiger partial charge in [-0.05, 0) is 48.6 Å². The highest BCUT2D eigenvalue weighted by atomic mass is 16.4. The second kappa shape index (κ2) is 6.57.